The number of hydrogen-bond donors (Lipinski definition) is 2. The Morgan fingerprint density at radius 3 is 1.76 bits per heavy atom. The fourth-order valence-corrected chi connectivity index (χ4v) is 5.00. The van der Waals surface area contributed by atoms with E-state index in [1.54, 1.807) is 30.3 Å². The van der Waals surface area contributed by atoms with Crippen molar-refractivity contribution in [2.75, 3.05) is 0 Å². The molecule has 0 heterocycles. The van der Waals surface area contributed by atoms with Crippen LogP contribution in [0.3, 0.4) is 0 Å². The van der Waals surface area contributed by atoms with E-state index in [1.807, 2.05) is 0 Å². The number of rotatable bonds is 14. The number of aryl methyl sites for hydroxylation is 1. The summed E-state index contributed by atoms with van der Waals surface area (Å²) < 4.78 is 178. The van der Waals surface area contributed by atoms with Gasteiger partial charge in [-0.05, 0) is 36.0 Å². The van der Waals surface area contributed by atoms with Crippen LogP contribution in [0.25, 0.3) is 0 Å². The Hall–Kier alpha value is -3.73. The van der Waals surface area contributed by atoms with Gasteiger partial charge in [-0.2, -0.15) is 57.1 Å². The highest BCUT2D eigenvalue weighted by Crippen LogP contribution is 2.60. The van der Waals surface area contributed by atoms with Crippen molar-refractivity contribution in [2.45, 2.75) is 106 Å². The topological polar surface area (TPSA) is 67.4 Å². The van der Waals surface area contributed by atoms with Gasteiger partial charge in [0.05, 0.1) is 0 Å². The molecule has 2 aromatic carbocycles. The molecular weight excluding hydrogens is 695 g/mol. The molecule has 2 amide bonds. The van der Waals surface area contributed by atoms with E-state index >= 15 is 0 Å². The van der Waals surface area contributed by atoms with Crippen LogP contribution in [0, 0.1) is 0 Å². The van der Waals surface area contributed by atoms with Crippen molar-refractivity contribution in [3.63, 3.8) is 0 Å². The second kappa shape index (κ2) is 15.0. The van der Waals surface area contributed by atoms with Crippen LogP contribution in [0.2, 0.25) is 0 Å². The van der Waals surface area contributed by atoms with Crippen molar-refractivity contribution >= 4 is 12.0 Å². The third kappa shape index (κ3) is 8.90. The molecule has 0 aromatic heterocycles. The predicted octanol–water partition coefficient (Wildman–Crippen LogP) is 8.64. The van der Waals surface area contributed by atoms with Crippen LogP contribution < -0.4 is 10.6 Å². The summed E-state index contributed by atoms with van der Waals surface area (Å²) in [6.07, 6.45) is -7.44. The largest absolute Gasteiger partial charge is 0.460 e. The first-order valence-corrected chi connectivity index (χ1v) is 14.8. The molecule has 18 heteroatoms. The molecule has 0 bridgehead atoms. The SMILES string of the molecule is O=C(N[C@H](Cc1ccccc1)C(=O)NC1CCCCC1)OCc1ccc(CCC(F)(F)C(F)(F)C(F)(F)C(F)(F)C(F)(F)C(F)(F)F)cc1. The summed E-state index contributed by atoms with van der Waals surface area (Å²) in [5, 5.41) is 5.39. The molecule has 0 unspecified atom stereocenters. The number of hydrogen-bond acceptors (Lipinski definition) is 3. The van der Waals surface area contributed by atoms with Crippen molar-refractivity contribution < 1.29 is 71.4 Å². The van der Waals surface area contributed by atoms with Gasteiger partial charge in [0.25, 0.3) is 0 Å². The van der Waals surface area contributed by atoms with Crippen LogP contribution in [-0.2, 0) is 29.0 Å². The van der Waals surface area contributed by atoms with Crippen LogP contribution >= 0.6 is 0 Å². The van der Waals surface area contributed by atoms with Crippen molar-refractivity contribution in [2.24, 2.45) is 0 Å². The summed E-state index contributed by atoms with van der Waals surface area (Å²) in [6, 6.07) is 11.9. The molecule has 0 aliphatic heterocycles. The first-order valence-electron chi connectivity index (χ1n) is 14.8. The van der Waals surface area contributed by atoms with E-state index in [1.165, 1.54) is 0 Å². The Labute approximate surface area is 271 Å². The molecule has 1 aliphatic carbocycles. The number of alkyl carbamates (subject to hydrolysis) is 1. The molecule has 0 spiro atoms. The average molecular weight is 727 g/mol. The summed E-state index contributed by atoms with van der Waals surface area (Å²) >= 11 is 0. The summed E-state index contributed by atoms with van der Waals surface area (Å²) in [5.41, 5.74) is 0.631. The average Bonchev–Trinajstić information content (AvgIpc) is 3.03. The van der Waals surface area contributed by atoms with E-state index < -0.39 is 73.3 Å². The highest BCUT2D eigenvalue weighted by Gasteiger charge is 2.90. The third-order valence-electron chi connectivity index (χ3n) is 7.96. The Morgan fingerprint density at radius 2 is 1.20 bits per heavy atom. The molecule has 1 atom stereocenters. The molecule has 2 aromatic rings. The molecule has 1 fully saturated rings. The molecule has 2 N–H and O–H groups in total. The molecule has 3 rings (SSSR count). The van der Waals surface area contributed by atoms with Gasteiger partial charge in [-0.1, -0.05) is 73.9 Å². The van der Waals surface area contributed by atoms with Gasteiger partial charge in [0.2, 0.25) is 5.91 Å². The zero-order valence-electron chi connectivity index (χ0n) is 25.4. The number of nitrogens with one attached hydrogen (secondary N) is 2. The van der Waals surface area contributed by atoms with E-state index in [-0.39, 0.29) is 23.6 Å². The lowest BCUT2D eigenvalue weighted by Crippen LogP contribution is -2.70. The third-order valence-corrected chi connectivity index (χ3v) is 7.96. The zero-order valence-corrected chi connectivity index (χ0v) is 25.4. The van der Waals surface area contributed by atoms with Crippen molar-refractivity contribution in [1.29, 1.82) is 0 Å². The van der Waals surface area contributed by atoms with E-state index in [9.17, 15) is 66.7 Å². The van der Waals surface area contributed by atoms with Crippen LogP contribution in [0.4, 0.5) is 61.9 Å². The van der Waals surface area contributed by atoms with Crippen LogP contribution in [-0.4, -0.2) is 59.9 Å². The fourth-order valence-electron chi connectivity index (χ4n) is 5.00. The molecule has 5 nitrogen and oxygen atoms in total. The van der Waals surface area contributed by atoms with Gasteiger partial charge in [-0.15, -0.1) is 0 Å². The molecule has 274 valence electrons. The maximum atomic E-state index is 14.1. The minimum Gasteiger partial charge on any atom is -0.445 e. The van der Waals surface area contributed by atoms with Gasteiger partial charge in [-0.25, -0.2) is 4.79 Å². The van der Waals surface area contributed by atoms with Gasteiger partial charge in [0.1, 0.15) is 12.6 Å². The van der Waals surface area contributed by atoms with Gasteiger partial charge >= 0.3 is 41.9 Å². The lowest BCUT2D eigenvalue weighted by atomic mass is 9.91. The van der Waals surface area contributed by atoms with Gasteiger partial charge in [0.15, 0.2) is 0 Å². The van der Waals surface area contributed by atoms with Crippen LogP contribution in [0.15, 0.2) is 54.6 Å². The van der Waals surface area contributed by atoms with Gasteiger partial charge in [-0.3, -0.25) is 4.79 Å². The molecule has 1 aliphatic rings. The van der Waals surface area contributed by atoms with Gasteiger partial charge in [0, 0.05) is 18.9 Å². The van der Waals surface area contributed by atoms with Crippen molar-refractivity contribution in [1.82, 2.24) is 10.6 Å². The molecule has 49 heavy (non-hydrogen) atoms. The highest BCUT2D eigenvalue weighted by atomic mass is 19.4. The number of amides is 2. The minimum atomic E-state index is -7.94. The van der Waals surface area contributed by atoms with Crippen LogP contribution in [0.1, 0.15) is 55.2 Å². The summed E-state index contributed by atoms with van der Waals surface area (Å²) in [6.45, 7) is -0.461. The normalized spacial score (nSPS) is 16.2. The maximum absolute atomic E-state index is 14.1. The molecule has 1 saturated carbocycles. The predicted molar refractivity (Wildman–Crippen MR) is 148 cm³/mol. The van der Waals surface area contributed by atoms with E-state index in [0.29, 0.717) is 0 Å². The smallest absolute Gasteiger partial charge is 0.445 e. The van der Waals surface area contributed by atoms with E-state index in [2.05, 4.69) is 10.6 Å². The van der Waals surface area contributed by atoms with Crippen LogP contribution in [0.5, 0.6) is 0 Å². The lowest BCUT2D eigenvalue weighted by Gasteiger charge is -2.39. The second-order valence-electron chi connectivity index (χ2n) is 11.6. The van der Waals surface area contributed by atoms with Crippen molar-refractivity contribution in [3.05, 3.63) is 71.3 Å². The Kier molecular flexibility index (Phi) is 12.2. The van der Waals surface area contributed by atoms with E-state index in [4.69, 9.17) is 4.74 Å². The van der Waals surface area contributed by atoms with Crippen molar-refractivity contribution in [3.8, 4) is 0 Å². The molecular formula is C31H31F13N2O3. The Bertz CT molecular complexity index is 1400. The minimum absolute atomic E-state index is 0.0568. The number of ether oxygens (including phenoxy) is 1. The summed E-state index contributed by atoms with van der Waals surface area (Å²) in [7, 11) is 0. The standard InChI is InChI=1S/C31H31F13N2O3/c32-26(33,27(34,35)28(36,37)29(38,39)30(40,41)31(42,43)44)16-15-19-11-13-21(14-12-19)18-49-25(48)46-23(17-20-7-3-1-4-8-20)24(47)45-22-9-5-2-6-10-22/h1,3-4,7-8,11-14,22-23H,2,5-6,9-10,15-18H2,(H,45,47)(H,46,48)/t23-/m1/s1. The first kappa shape index (κ1) is 39.7. The number of carbonyl (C=O) groups excluding carboxylic acids is 2. The second-order valence-corrected chi connectivity index (χ2v) is 11.6. The first-order chi connectivity index (χ1) is 22.5. The number of carbonyl (C=O) groups is 2. The Morgan fingerprint density at radius 1 is 0.673 bits per heavy atom. The molecule has 0 saturated heterocycles. The Balaban J connectivity index is 1.60. The lowest BCUT2D eigenvalue weighted by molar-refractivity contribution is -0.440. The maximum Gasteiger partial charge on any atom is 0.460 e. The fraction of sp³-hybridized carbons (Fsp3) is 0.548. The monoisotopic (exact) mass is 726 g/mol. The summed E-state index contributed by atoms with van der Waals surface area (Å²) in [4.78, 5) is 25.6. The van der Waals surface area contributed by atoms with Gasteiger partial charge < -0.3 is 15.4 Å². The number of halogens is 13. The van der Waals surface area contributed by atoms with E-state index in [0.717, 1.165) is 61.9 Å². The number of alkyl halides is 13. The number of benzene rings is 2. The summed E-state index contributed by atoms with van der Waals surface area (Å²) in [5.74, 6) is -37.5. The zero-order chi connectivity index (χ0) is 36.9. The highest BCUT2D eigenvalue weighted by molar-refractivity contribution is 5.86. The molecule has 0 radical (unpaired) electrons. The quantitative estimate of drug-likeness (QED) is 0.192.